The molecular weight excluding hydrogens is 815 g/mol. The van der Waals surface area contributed by atoms with Crippen LogP contribution < -0.4 is 10.2 Å². The molecule has 0 aliphatic heterocycles. The van der Waals surface area contributed by atoms with Crippen LogP contribution in [-0.2, 0) is 9.59 Å². The van der Waals surface area contributed by atoms with Crippen molar-refractivity contribution in [2.75, 3.05) is 0 Å². The molecule has 0 fully saturated rings. The first-order valence-corrected chi connectivity index (χ1v) is 28.6. The second kappa shape index (κ2) is 43.9. The molecule has 0 spiro atoms. The van der Waals surface area contributed by atoms with Gasteiger partial charge in [-0.3, -0.25) is 0 Å². The van der Waals surface area contributed by atoms with Gasteiger partial charge in [-0.05, 0) is 52.4 Å². The van der Waals surface area contributed by atoms with Crippen molar-refractivity contribution in [3.63, 3.8) is 0 Å². The third kappa shape index (κ3) is 66.4. The predicted octanol–water partition coefficient (Wildman–Crippen LogP) is 12.7. The molecule has 0 aromatic heterocycles. The molecule has 0 atom stereocenters. The quantitative estimate of drug-likeness (QED) is 0.0219. The van der Waals surface area contributed by atoms with Crippen LogP contribution in [0.1, 0.15) is 232 Å². The average molecular weight is 900 g/mol. The van der Waals surface area contributed by atoms with Crippen LogP contribution in [0.4, 0.5) is 0 Å². The fourth-order valence-corrected chi connectivity index (χ4v) is 6.69. The topological polar surface area (TPSA) is 80.3 Å². The van der Waals surface area contributed by atoms with Crippen molar-refractivity contribution >= 4 is 83.6 Å². The molecule has 0 aliphatic carbocycles. The summed E-state index contributed by atoms with van der Waals surface area (Å²) >= 11 is 17.9. The van der Waals surface area contributed by atoms with Gasteiger partial charge >= 0.3 is 31.0 Å². The van der Waals surface area contributed by atoms with Crippen LogP contribution in [0.2, 0.25) is 9.88 Å². The average Bonchev–Trinajstić information content (AvgIpc) is 3.03. The number of unbranched alkanes of at least 4 members (excludes halogenated alkanes) is 28. The van der Waals surface area contributed by atoms with Crippen LogP contribution >= 0.6 is 50.5 Å². The van der Waals surface area contributed by atoms with Crippen molar-refractivity contribution in [2.24, 2.45) is 0 Å². The monoisotopic (exact) mass is 900 g/mol. The molecule has 0 aliphatic rings. The van der Waals surface area contributed by atoms with E-state index in [1.165, 1.54) is 167 Å². The van der Waals surface area contributed by atoms with Crippen molar-refractivity contribution in [1.29, 1.82) is 0 Å². The maximum absolute atomic E-state index is 10.3. The number of thiol groups is 4. The Labute approximate surface area is 351 Å². The van der Waals surface area contributed by atoms with Gasteiger partial charge in [0.1, 0.15) is 0 Å². The number of carbonyl (C=O) groups is 2. The molecule has 304 valence electrons. The number of carbonyl (C=O) groups excluding carboxylic acids is 2. The van der Waals surface area contributed by atoms with Crippen LogP contribution in [0.15, 0.2) is 0 Å². The Hall–Kier alpha value is 1.14. The molecule has 0 N–H and O–H groups in total. The molecule has 0 amide bonds. The molecule has 4 nitrogen and oxygen atoms in total. The summed E-state index contributed by atoms with van der Waals surface area (Å²) in [7, 11) is 0. The molecular formula is C42H84O4S4Sn. The molecule has 0 bridgehead atoms. The Balaban J connectivity index is -0.000000838. The summed E-state index contributed by atoms with van der Waals surface area (Å²) in [5, 5.41) is 20.5. The summed E-state index contributed by atoms with van der Waals surface area (Å²) in [6.45, 7) is 4.13. The molecule has 51 heavy (non-hydrogen) atoms. The maximum atomic E-state index is 10.3. The van der Waals surface area contributed by atoms with Gasteiger partial charge in [0.25, 0.3) is 0 Å². The van der Waals surface area contributed by atoms with E-state index in [0.29, 0.717) is 0 Å². The van der Waals surface area contributed by atoms with E-state index in [9.17, 15) is 19.8 Å². The third-order valence-corrected chi connectivity index (χ3v) is 9.96. The Kier molecular flexibility index (Phi) is 48.6. The Morgan fingerprint density at radius 2 is 0.510 bits per heavy atom. The van der Waals surface area contributed by atoms with E-state index in [0.717, 1.165) is 38.5 Å². The molecule has 0 aromatic carbocycles. The van der Waals surface area contributed by atoms with Gasteiger partial charge in [-0.15, -0.1) is 0 Å². The Morgan fingerprint density at radius 1 is 0.373 bits per heavy atom. The normalized spacial score (nSPS) is 11.3. The van der Waals surface area contributed by atoms with Gasteiger partial charge in [0.15, 0.2) is 0 Å². The van der Waals surface area contributed by atoms with E-state index in [2.05, 4.69) is 74.2 Å². The predicted molar refractivity (Wildman–Crippen MR) is 237 cm³/mol. The second-order valence-corrected chi connectivity index (χ2v) is 22.8. The van der Waals surface area contributed by atoms with E-state index in [1.807, 2.05) is 0 Å². The molecule has 0 saturated heterocycles. The number of aliphatic carboxylic acids is 2. The van der Waals surface area contributed by atoms with Gasteiger partial charge in [-0.2, -0.15) is 50.5 Å². The summed E-state index contributed by atoms with van der Waals surface area (Å²) in [4.78, 5) is 25.1. The van der Waals surface area contributed by atoms with Gasteiger partial charge in [0.2, 0.25) is 0 Å². The standard InChI is InChI=1S/2C20H40O2S2.2CH3.Sn/c2*1-20(23,24)18-16-14-12-10-8-6-4-2-3-5-7-9-11-13-15-17-19(21)22;;;/h2*23-24H,2-18H2,1H3,(H,21,22);2*1H3;/q;;;;+2/p-2. The minimum absolute atomic E-state index is 0.101. The van der Waals surface area contributed by atoms with Crippen molar-refractivity contribution in [1.82, 2.24) is 0 Å². The zero-order valence-corrected chi connectivity index (χ0v) is 40.4. The first kappa shape index (κ1) is 56.5. The van der Waals surface area contributed by atoms with Gasteiger partial charge in [-0.25, -0.2) is 0 Å². The minimum atomic E-state index is -0.909. The molecule has 0 rings (SSSR count). The van der Waals surface area contributed by atoms with Crippen LogP contribution in [0.25, 0.3) is 0 Å². The Bertz CT molecular complexity index is 656. The van der Waals surface area contributed by atoms with Crippen molar-refractivity contribution in [2.45, 2.75) is 250 Å². The summed E-state index contributed by atoms with van der Waals surface area (Å²) in [6.07, 6.45) is 40.8. The molecule has 9 heteroatoms. The van der Waals surface area contributed by atoms with E-state index in [4.69, 9.17) is 0 Å². The fraction of sp³-hybridized carbons (Fsp3) is 0.952. The summed E-state index contributed by atoms with van der Waals surface area (Å²) in [5.74, 6) is -1.82. The molecule has 0 heterocycles. The third-order valence-electron chi connectivity index (χ3n) is 9.06. The van der Waals surface area contributed by atoms with Gasteiger partial charge in [-0.1, -0.05) is 180 Å². The van der Waals surface area contributed by atoms with Gasteiger partial charge < -0.3 is 19.8 Å². The number of carboxylic acid groups (broad SMARTS) is 2. The van der Waals surface area contributed by atoms with Crippen molar-refractivity contribution < 1.29 is 19.8 Å². The van der Waals surface area contributed by atoms with Crippen LogP contribution in [0.3, 0.4) is 0 Å². The fourth-order valence-electron chi connectivity index (χ4n) is 6.05. The number of hydrogen-bond donors (Lipinski definition) is 4. The zero-order chi connectivity index (χ0) is 38.9. The van der Waals surface area contributed by atoms with Crippen molar-refractivity contribution in [3.05, 3.63) is 0 Å². The first-order chi connectivity index (χ1) is 24.2. The Morgan fingerprint density at radius 3 is 0.647 bits per heavy atom. The summed E-state index contributed by atoms with van der Waals surface area (Å²) in [6, 6.07) is 0. The van der Waals surface area contributed by atoms with Gasteiger partial charge in [0, 0.05) is 11.9 Å². The molecule has 0 saturated carbocycles. The first-order valence-electron chi connectivity index (χ1n) is 21.1. The van der Waals surface area contributed by atoms with E-state index in [-0.39, 0.29) is 42.1 Å². The second-order valence-electron chi connectivity index (χ2n) is 15.3. The van der Waals surface area contributed by atoms with Crippen LogP contribution in [-0.4, -0.2) is 41.2 Å². The van der Waals surface area contributed by atoms with Crippen LogP contribution in [0.5, 0.6) is 0 Å². The number of rotatable bonds is 36. The molecule has 0 aromatic rings. The summed E-state index contributed by atoms with van der Waals surface area (Å²) in [5.41, 5.74) is 0. The summed E-state index contributed by atoms with van der Waals surface area (Å²) < 4.78 is -0.202. The van der Waals surface area contributed by atoms with Gasteiger partial charge in [0.05, 0.1) is 8.16 Å². The van der Waals surface area contributed by atoms with Crippen molar-refractivity contribution in [3.8, 4) is 0 Å². The van der Waals surface area contributed by atoms with Crippen LogP contribution in [0, 0.1) is 0 Å². The van der Waals surface area contributed by atoms with E-state index >= 15 is 0 Å². The van der Waals surface area contributed by atoms with E-state index in [1.54, 1.807) is 0 Å². The number of carboxylic acids is 2. The zero-order valence-electron chi connectivity index (χ0n) is 34.0. The molecule has 0 unspecified atom stereocenters. The SMILES string of the molecule is CC(S)(S)CCCCCCCCCCCCCCCCCC(=O)[O-].CC(S)(S)CCCCCCCCCCCCCCCCCC(=O)[O-].[CH3][Sn+2][CH3]. The number of hydrogen-bond acceptors (Lipinski definition) is 8. The molecule has 0 radical (unpaired) electrons. The van der Waals surface area contributed by atoms with E-state index < -0.39 is 11.9 Å².